The van der Waals surface area contributed by atoms with E-state index in [0.29, 0.717) is 24.7 Å². The molecule has 22 nitrogen and oxygen atoms in total. The summed E-state index contributed by atoms with van der Waals surface area (Å²) in [6, 6.07) is 5.80. The van der Waals surface area contributed by atoms with Crippen molar-refractivity contribution in [3.63, 3.8) is 0 Å². The molecular formula is C32H42Cl2N8O14Si2. The average Bonchev–Trinajstić information content (AvgIpc) is 3.79. The number of aliphatic hydroxyl groups is 2. The van der Waals surface area contributed by atoms with Gasteiger partial charge in [-0.05, 0) is 0 Å². The van der Waals surface area contributed by atoms with Crippen molar-refractivity contribution in [3.05, 3.63) is 112 Å². The molecule has 4 aliphatic heterocycles. The maximum atomic E-state index is 11.4. The first-order chi connectivity index (χ1) is 26.2. The molecule has 0 saturated carbocycles. The van der Waals surface area contributed by atoms with E-state index in [1.165, 1.54) is 24.3 Å². The number of aliphatic hydroxyl groups excluding tert-OH is 2. The Morgan fingerprint density at radius 3 is 0.793 bits per heavy atom. The van der Waals surface area contributed by atoms with Gasteiger partial charge in [-0.3, -0.25) is 0 Å². The normalized spacial score (nSPS) is 17.8. The molecule has 0 fully saturated rings. The van der Waals surface area contributed by atoms with Gasteiger partial charge in [-0.15, -0.1) is 0 Å². The van der Waals surface area contributed by atoms with Crippen molar-refractivity contribution in [2.45, 2.75) is 65.5 Å². The molecule has 0 aliphatic carbocycles. The van der Waals surface area contributed by atoms with Gasteiger partial charge in [-0.1, -0.05) is 0 Å². The Morgan fingerprint density at radius 1 is 0.466 bits per heavy atom. The van der Waals surface area contributed by atoms with E-state index in [1.54, 1.807) is 70.8 Å². The van der Waals surface area contributed by atoms with Crippen LogP contribution in [0.2, 0.25) is 13.1 Å². The average molecular weight is 890 g/mol. The number of nitrogens with zero attached hydrogens (tertiary/aromatic N) is 8. The SMILES string of the molecule is CO.CO.Cc1cc([N+](=O)[O-])c2[n+](c1)C[Si-]1(C)(C[n+]3cc(C)cc([N+](=O)[O-])c3O1)O2.Cc1cc([N+](=O)[O-])c2[n+](c1)C[Si-]1(C)(C[n+]3cc(C)cc([N+](=O)[O-])c3O1)O2.[Cl-].[Cl-]. The maximum absolute atomic E-state index is 11.4. The van der Waals surface area contributed by atoms with E-state index in [2.05, 4.69) is 0 Å². The summed E-state index contributed by atoms with van der Waals surface area (Å²) >= 11 is 0. The third-order valence-corrected chi connectivity index (χ3v) is 17.1. The van der Waals surface area contributed by atoms with E-state index in [9.17, 15) is 40.5 Å². The third-order valence-electron chi connectivity index (χ3n) is 9.42. The van der Waals surface area contributed by atoms with Gasteiger partial charge in [0.1, 0.15) is 0 Å². The van der Waals surface area contributed by atoms with Crippen LogP contribution in [0.25, 0.3) is 0 Å². The molecule has 0 aromatic carbocycles. The Balaban J connectivity index is 0.000000277. The molecule has 0 amide bonds. The summed E-state index contributed by atoms with van der Waals surface area (Å²) in [5, 5.41) is 59.7. The topological polar surface area (TPSA) is 265 Å². The predicted molar refractivity (Wildman–Crippen MR) is 194 cm³/mol. The summed E-state index contributed by atoms with van der Waals surface area (Å²) in [6.07, 6.45) is 8.35. The van der Waals surface area contributed by atoms with Gasteiger partial charge in [-0.25, -0.2) is 0 Å². The molecule has 4 aromatic rings. The van der Waals surface area contributed by atoms with Gasteiger partial charge < -0.3 is 35.0 Å². The first kappa shape index (κ1) is 46.7. The van der Waals surface area contributed by atoms with Crippen LogP contribution < -0.4 is 60.8 Å². The second kappa shape index (κ2) is 15.9. The molecule has 58 heavy (non-hydrogen) atoms. The zero-order valence-corrected chi connectivity index (χ0v) is 36.1. The van der Waals surface area contributed by atoms with Crippen LogP contribution in [0, 0.1) is 68.2 Å². The number of aryl methyl sites for hydroxylation is 4. The van der Waals surface area contributed by atoms with Gasteiger partial charge in [0.15, 0.2) is 0 Å². The summed E-state index contributed by atoms with van der Waals surface area (Å²) in [4.78, 5) is 43.7. The summed E-state index contributed by atoms with van der Waals surface area (Å²) in [6.45, 7) is 10.7. The van der Waals surface area contributed by atoms with Crippen LogP contribution in [0.4, 0.5) is 22.7 Å². The Labute approximate surface area is 343 Å². The van der Waals surface area contributed by atoms with Crippen LogP contribution in [-0.4, -0.2) is 59.8 Å². The molecule has 0 radical (unpaired) electrons. The molecule has 4 aliphatic rings. The van der Waals surface area contributed by atoms with Crippen molar-refractivity contribution in [1.82, 2.24) is 0 Å². The molecule has 26 heteroatoms. The Hall–Kier alpha value is -5.67. The number of fused-ring (bicyclic) bond motifs is 4. The van der Waals surface area contributed by atoms with Crippen molar-refractivity contribution in [2.75, 3.05) is 14.2 Å². The molecular weight excluding hydrogens is 847 g/mol. The smallest absolute Gasteiger partial charge is 1.00 e. The quantitative estimate of drug-likeness (QED) is 0.0852. The maximum Gasteiger partial charge on any atom is -1.00 e. The zero-order chi connectivity index (χ0) is 41.8. The van der Waals surface area contributed by atoms with Gasteiger partial charge in [0.2, 0.25) is 0 Å². The molecule has 0 bridgehead atoms. The summed E-state index contributed by atoms with van der Waals surface area (Å²) in [5.41, 5.74) is 2.39. The fourth-order valence-electron chi connectivity index (χ4n) is 7.71. The number of nitro groups is 4. The van der Waals surface area contributed by atoms with Crippen LogP contribution in [0.15, 0.2) is 49.1 Å². The molecule has 2 spiro atoms. The minimum absolute atomic E-state index is 0. The second-order valence-electron chi connectivity index (χ2n) is 14.8. The van der Waals surface area contributed by atoms with Crippen LogP contribution in [0.3, 0.4) is 0 Å². The fraction of sp³-hybridized carbons (Fsp3) is 0.375. The Bertz CT molecular complexity index is 2070. The molecule has 4 aromatic heterocycles. The van der Waals surface area contributed by atoms with E-state index in [1.807, 2.05) is 13.1 Å². The zero-order valence-electron chi connectivity index (χ0n) is 32.6. The van der Waals surface area contributed by atoms with Crippen molar-refractivity contribution in [3.8, 4) is 23.5 Å². The number of aromatic nitrogens is 4. The number of hydrogen-bond acceptors (Lipinski definition) is 14. The number of hydrogen-bond donors (Lipinski definition) is 2. The molecule has 0 saturated heterocycles. The first-order valence-electron chi connectivity index (χ1n) is 17.0. The van der Waals surface area contributed by atoms with Gasteiger partial charge in [-0.2, -0.15) is 0 Å². The van der Waals surface area contributed by atoms with E-state index < -0.39 is 35.4 Å². The van der Waals surface area contributed by atoms with E-state index in [-0.39, 0.29) is 71.1 Å². The van der Waals surface area contributed by atoms with E-state index >= 15 is 0 Å². The van der Waals surface area contributed by atoms with Crippen LogP contribution >= 0.6 is 0 Å². The number of halogens is 2. The van der Waals surface area contributed by atoms with E-state index in [0.717, 1.165) is 36.5 Å². The monoisotopic (exact) mass is 888 g/mol. The Morgan fingerprint density at radius 2 is 0.638 bits per heavy atom. The first-order valence-corrected chi connectivity index (χ1v) is 23.4. The largest absolute Gasteiger partial charge is 1.00 e. The predicted octanol–water partition coefficient (Wildman–Crippen LogP) is -4.21. The van der Waals surface area contributed by atoms with Crippen molar-refractivity contribution < 1.29 is 90.7 Å². The second-order valence-corrected chi connectivity index (χ2v) is 25.0. The van der Waals surface area contributed by atoms with Crippen LogP contribution in [0.5, 0.6) is 23.5 Å². The van der Waals surface area contributed by atoms with Crippen LogP contribution in [0.1, 0.15) is 22.3 Å². The van der Waals surface area contributed by atoms with E-state index in [4.69, 9.17) is 27.9 Å². The standard InChI is InChI=1S/2C15H17N4O6Si.2CH4O.2ClH/c2*1-10-4-12(18(20)21)14-16(6-10)8-26(3,24-14)9-17-7-11(2)5-13(19(22)23)15(17)25-26;2*1-2;;/h2*4-7H,8-9H2,1-3H3;2*2H,1H3;2*1H/q2*+1;;;;/p-2. The van der Waals surface area contributed by atoms with Gasteiger partial charge in [0.25, 0.3) is 0 Å². The van der Waals surface area contributed by atoms with Crippen molar-refractivity contribution >= 4 is 38.4 Å². The van der Waals surface area contributed by atoms with Gasteiger partial charge >= 0.3 is 295 Å². The molecule has 8 rings (SSSR count). The fourth-order valence-corrected chi connectivity index (χ4v) is 16.0. The third kappa shape index (κ3) is 8.19. The number of pyridine rings is 4. The number of rotatable bonds is 4. The van der Waals surface area contributed by atoms with Crippen molar-refractivity contribution in [2.24, 2.45) is 0 Å². The summed E-state index contributed by atoms with van der Waals surface area (Å²) < 4.78 is 31.4. The molecule has 316 valence electrons. The van der Waals surface area contributed by atoms with Gasteiger partial charge in [0, 0.05) is 14.2 Å². The van der Waals surface area contributed by atoms with Gasteiger partial charge in [0.05, 0.1) is 0 Å². The minimum Gasteiger partial charge on any atom is -1.00 e. The summed E-state index contributed by atoms with van der Waals surface area (Å²) in [5.74, 6) is 0.571. The molecule has 8 heterocycles. The molecule has 0 unspecified atom stereocenters. The summed E-state index contributed by atoms with van der Waals surface area (Å²) in [7, 11) is -5.51. The molecule has 2 N–H and O–H groups in total. The Kier molecular flexibility index (Phi) is 12.8. The minimum atomic E-state index is -3.75. The molecule has 0 atom stereocenters. The van der Waals surface area contributed by atoms with Crippen molar-refractivity contribution in [1.29, 1.82) is 0 Å². The van der Waals surface area contributed by atoms with Crippen LogP contribution in [-0.2, 0) is 24.7 Å².